The third-order valence-corrected chi connectivity index (χ3v) is 2.54. The fourth-order valence-electron chi connectivity index (χ4n) is 1.47. The van der Waals surface area contributed by atoms with Crippen LogP contribution in [0.2, 0.25) is 0 Å². The molecule has 7 heteroatoms. The first-order valence-electron chi connectivity index (χ1n) is 6.21. The Bertz CT molecular complexity index is 483. The Morgan fingerprint density at radius 3 is 2.30 bits per heavy atom. The van der Waals surface area contributed by atoms with Gasteiger partial charge in [0.25, 0.3) is 5.91 Å². The Morgan fingerprint density at radius 2 is 1.80 bits per heavy atom. The molecule has 0 aliphatic carbocycles. The molecular weight excluding hydrogens is 268 g/mol. The lowest BCUT2D eigenvalue weighted by atomic mass is 10.1. The molecule has 0 unspecified atom stereocenters. The van der Waals surface area contributed by atoms with Gasteiger partial charge in [-0.05, 0) is 18.6 Å². The summed E-state index contributed by atoms with van der Waals surface area (Å²) in [5.74, 6) is -2.80. The molecular formula is C13H17F2N3O2. The molecule has 0 heterocycles. The van der Waals surface area contributed by atoms with Gasteiger partial charge >= 0.3 is 0 Å². The molecule has 0 fully saturated rings. The van der Waals surface area contributed by atoms with Gasteiger partial charge < -0.3 is 16.0 Å². The maximum Gasteiger partial charge on any atom is 0.251 e. The van der Waals surface area contributed by atoms with Crippen LogP contribution in [0.3, 0.4) is 0 Å². The second kappa shape index (κ2) is 7.42. The summed E-state index contributed by atoms with van der Waals surface area (Å²) in [5.41, 5.74) is -0.430. The van der Waals surface area contributed by atoms with Gasteiger partial charge in [0.1, 0.15) is 17.3 Å². The first kappa shape index (κ1) is 15.9. The predicted octanol–water partition coefficient (Wildman–Crippen LogP) is 1.26. The summed E-state index contributed by atoms with van der Waals surface area (Å²) in [5, 5.41) is 7.19. The van der Waals surface area contributed by atoms with Crippen LogP contribution in [0.15, 0.2) is 12.1 Å². The summed E-state index contributed by atoms with van der Waals surface area (Å²) in [6, 6.07) is 1.86. The topological polar surface area (TPSA) is 70.2 Å². The summed E-state index contributed by atoms with van der Waals surface area (Å²) >= 11 is 0. The number of rotatable bonds is 6. The average molecular weight is 285 g/mol. The SMILES string of the molecule is CCCNc1c(F)cc(C(=O)NCC(=O)NC)cc1F. The molecule has 1 rings (SSSR count). The standard InChI is InChI=1S/C13H17F2N3O2/c1-3-4-17-12-9(14)5-8(6-10(12)15)13(20)18-7-11(19)16-2/h5-6,17H,3-4,7H2,1-2H3,(H,16,19)(H,18,20). The highest BCUT2D eigenvalue weighted by Gasteiger charge is 2.15. The summed E-state index contributed by atoms with van der Waals surface area (Å²) < 4.78 is 27.4. The second-order valence-corrected chi connectivity index (χ2v) is 4.10. The number of benzene rings is 1. The van der Waals surface area contributed by atoms with Gasteiger partial charge in [0.2, 0.25) is 5.91 Å². The number of hydrogen-bond donors (Lipinski definition) is 3. The number of carbonyl (C=O) groups is 2. The molecule has 0 aliphatic heterocycles. The number of carbonyl (C=O) groups excluding carboxylic acids is 2. The van der Waals surface area contributed by atoms with Crippen molar-refractivity contribution in [2.75, 3.05) is 25.5 Å². The quantitative estimate of drug-likeness (QED) is 0.737. The number of likely N-dealkylation sites (N-methyl/N-ethyl adjacent to an activating group) is 1. The van der Waals surface area contributed by atoms with Gasteiger partial charge in [-0.2, -0.15) is 0 Å². The third kappa shape index (κ3) is 4.18. The van der Waals surface area contributed by atoms with Crippen molar-refractivity contribution >= 4 is 17.5 Å². The van der Waals surface area contributed by atoms with Gasteiger partial charge in [-0.15, -0.1) is 0 Å². The van der Waals surface area contributed by atoms with E-state index in [1.165, 1.54) is 7.05 Å². The molecule has 1 aromatic rings. The van der Waals surface area contributed by atoms with Gasteiger partial charge in [-0.3, -0.25) is 9.59 Å². The van der Waals surface area contributed by atoms with Crippen molar-refractivity contribution in [3.05, 3.63) is 29.3 Å². The predicted molar refractivity (Wildman–Crippen MR) is 71.5 cm³/mol. The van der Waals surface area contributed by atoms with Crippen LogP contribution >= 0.6 is 0 Å². The van der Waals surface area contributed by atoms with Crippen molar-refractivity contribution in [2.45, 2.75) is 13.3 Å². The molecule has 0 radical (unpaired) electrons. The molecule has 0 spiro atoms. The molecule has 0 aliphatic rings. The minimum Gasteiger partial charge on any atom is -0.380 e. The molecule has 0 saturated heterocycles. The number of halogens is 2. The van der Waals surface area contributed by atoms with E-state index in [0.717, 1.165) is 12.1 Å². The summed E-state index contributed by atoms with van der Waals surface area (Å²) in [6.45, 7) is 2.04. The summed E-state index contributed by atoms with van der Waals surface area (Å²) in [7, 11) is 1.42. The second-order valence-electron chi connectivity index (χ2n) is 4.10. The van der Waals surface area contributed by atoms with Crippen LogP contribution in [-0.2, 0) is 4.79 Å². The molecule has 0 bridgehead atoms. The van der Waals surface area contributed by atoms with E-state index >= 15 is 0 Å². The minimum atomic E-state index is -0.844. The van der Waals surface area contributed by atoms with E-state index in [0.29, 0.717) is 13.0 Å². The molecule has 110 valence electrons. The monoisotopic (exact) mass is 285 g/mol. The molecule has 20 heavy (non-hydrogen) atoms. The van der Waals surface area contributed by atoms with Crippen molar-refractivity contribution in [1.82, 2.24) is 10.6 Å². The van der Waals surface area contributed by atoms with E-state index in [1.54, 1.807) is 0 Å². The Hall–Kier alpha value is -2.18. The Kier molecular flexibility index (Phi) is 5.89. The Labute approximate surface area is 115 Å². The smallest absolute Gasteiger partial charge is 0.251 e. The van der Waals surface area contributed by atoms with Crippen LogP contribution < -0.4 is 16.0 Å². The largest absolute Gasteiger partial charge is 0.380 e. The number of hydrogen-bond acceptors (Lipinski definition) is 3. The Balaban J connectivity index is 2.82. The first-order chi connectivity index (χ1) is 9.49. The maximum atomic E-state index is 13.7. The molecule has 2 amide bonds. The number of nitrogens with one attached hydrogen (secondary N) is 3. The molecule has 0 saturated carbocycles. The van der Waals surface area contributed by atoms with E-state index in [1.807, 2.05) is 6.92 Å². The molecule has 3 N–H and O–H groups in total. The summed E-state index contributed by atoms with van der Waals surface area (Å²) in [4.78, 5) is 22.6. The number of amides is 2. The van der Waals surface area contributed by atoms with Crippen LogP contribution in [-0.4, -0.2) is 32.0 Å². The van der Waals surface area contributed by atoms with Crippen LogP contribution in [0.25, 0.3) is 0 Å². The van der Waals surface area contributed by atoms with E-state index in [4.69, 9.17) is 0 Å². The lowest BCUT2D eigenvalue weighted by Gasteiger charge is -2.10. The van der Waals surface area contributed by atoms with Gasteiger partial charge in [0, 0.05) is 19.2 Å². The molecule has 0 atom stereocenters. The van der Waals surface area contributed by atoms with Crippen LogP contribution in [0.1, 0.15) is 23.7 Å². The van der Waals surface area contributed by atoms with Gasteiger partial charge in [0.15, 0.2) is 0 Å². The molecule has 0 aromatic heterocycles. The summed E-state index contributed by atoms with van der Waals surface area (Å²) in [6.07, 6.45) is 0.716. The lowest BCUT2D eigenvalue weighted by molar-refractivity contribution is -0.119. The van der Waals surface area contributed by atoms with Crippen molar-refractivity contribution < 1.29 is 18.4 Å². The van der Waals surface area contributed by atoms with Crippen LogP contribution in [0.4, 0.5) is 14.5 Å². The van der Waals surface area contributed by atoms with Crippen molar-refractivity contribution in [3.8, 4) is 0 Å². The minimum absolute atomic E-state index is 0.175. The molecule has 1 aromatic carbocycles. The van der Waals surface area contributed by atoms with Crippen LogP contribution in [0, 0.1) is 11.6 Å². The highest BCUT2D eigenvalue weighted by atomic mass is 19.1. The zero-order chi connectivity index (χ0) is 15.1. The average Bonchev–Trinajstić information content (AvgIpc) is 2.43. The zero-order valence-electron chi connectivity index (χ0n) is 11.3. The van der Waals surface area contributed by atoms with Gasteiger partial charge in [-0.25, -0.2) is 8.78 Å². The van der Waals surface area contributed by atoms with Crippen molar-refractivity contribution in [2.24, 2.45) is 0 Å². The van der Waals surface area contributed by atoms with E-state index in [-0.39, 0.29) is 17.8 Å². The number of anilines is 1. The zero-order valence-corrected chi connectivity index (χ0v) is 11.3. The Morgan fingerprint density at radius 1 is 1.20 bits per heavy atom. The fraction of sp³-hybridized carbons (Fsp3) is 0.385. The first-order valence-corrected chi connectivity index (χ1v) is 6.21. The fourth-order valence-corrected chi connectivity index (χ4v) is 1.47. The van der Waals surface area contributed by atoms with Crippen molar-refractivity contribution in [3.63, 3.8) is 0 Å². The maximum absolute atomic E-state index is 13.7. The normalized spacial score (nSPS) is 10.0. The van der Waals surface area contributed by atoms with E-state index in [9.17, 15) is 18.4 Å². The van der Waals surface area contributed by atoms with Crippen LogP contribution in [0.5, 0.6) is 0 Å². The lowest BCUT2D eigenvalue weighted by Crippen LogP contribution is -2.35. The van der Waals surface area contributed by atoms with E-state index < -0.39 is 23.4 Å². The van der Waals surface area contributed by atoms with E-state index in [2.05, 4.69) is 16.0 Å². The third-order valence-electron chi connectivity index (χ3n) is 2.54. The van der Waals surface area contributed by atoms with Gasteiger partial charge in [-0.1, -0.05) is 6.92 Å². The van der Waals surface area contributed by atoms with Gasteiger partial charge in [0.05, 0.1) is 6.54 Å². The highest BCUT2D eigenvalue weighted by molar-refractivity contribution is 5.96. The highest BCUT2D eigenvalue weighted by Crippen LogP contribution is 2.20. The van der Waals surface area contributed by atoms with Crippen molar-refractivity contribution in [1.29, 1.82) is 0 Å². The molecule has 5 nitrogen and oxygen atoms in total.